The van der Waals surface area contributed by atoms with Crippen LogP contribution in [0.25, 0.3) is 0 Å². The van der Waals surface area contributed by atoms with E-state index >= 15 is 0 Å². The Labute approximate surface area is 201 Å². The minimum atomic E-state index is -0.499. The highest BCUT2D eigenvalue weighted by Crippen LogP contribution is 2.18. The minimum Gasteiger partial charge on any atom is -0.444 e. The quantitative estimate of drug-likeness (QED) is 0.346. The zero-order valence-corrected chi connectivity index (χ0v) is 21.1. The molecule has 3 rings (SSSR count). The second-order valence-electron chi connectivity index (χ2n) is 8.76. The number of benzene rings is 1. The number of halogens is 1. The lowest BCUT2D eigenvalue weighted by Gasteiger charge is -2.40. The molecule has 8 nitrogen and oxygen atoms in total. The molecule has 2 aliphatic heterocycles. The SMILES string of the molecule is CCNC(=NCC(=O)N1CCc2ccccc2C1)NC1CN(C(=O)OC(C)(C)C)C1.I. The van der Waals surface area contributed by atoms with Crippen LogP contribution >= 0.6 is 24.0 Å². The second-order valence-corrected chi connectivity index (χ2v) is 8.76. The van der Waals surface area contributed by atoms with Gasteiger partial charge in [-0.2, -0.15) is 0 Å². The molecule has 0 unspecified atom stereocenters. The molecule has 0 saturated carbocycles. The molecule has 172 valence electrons. The smallest absolute Gasteiger partial charge is 0.410 e. The largest absolute Gasteiger partial charge is 0.444 e. The van der Waals surface area contributed by atoms with Crippen LogP contribution < -0.4 is 10.6 Å². The average Bonchev–Trinajstić information content (AvgIpc) is 2.66. The van der Waals surface area contributed by atoms with Crippen molar-refractivity contribution in [2.75, 3.05) is 32.7 Å². The van der Waals surface area contributed by atoms with Crippen molar-refractivity contribution >= 4 is 41.9 Å². The first-order valence-corrected chi connectivity index (χ1v) is 10.6. The van der Waals surface area contributed by atoms with Gasteiger partial charge in [0.15, 0.2) is 5.96 Å². The van der Waals surface area contributed by atoms with E-state index in [4.69, 9.17) is 4.74 Å². The second kappa shape index (κ2) is 11.0. The lowest BCUT2D eigenvalue weighted by Crippen LogP contribution is -2.63. The number of rotatable bonds is 4. The highest BCUT2D eigenvalue weighted by Gasteiger charge is 2.34. The number of fused-ring (bicyclic) bond motifs is 1. The van der Waals surface area contributed by atoms with Crippen molar-refractivity contribution in [3.63, 3.8) is 0 Å². The summed E-state index contributed by atoms with van der Waals surface area (Å²) >= 11 is 0. The van der Waals surface area contributed by atoms with Crippen molar-refractivity contribution in [2.45, 2.75) is 52.3 Å². The first kappa shape index (κ1) is 25.2. The number of hydrogen-bond acceptors (Lipinski definition) is 4. The molecule has 0 atom stereocenters. The van der Waals surface area contributed by atoms with Crippen LogP contribution in [-0.4, -0.2) is 72.1 Å². The van der Waals surface area contributed by atoms with Gasteiger partial charge in [-0.1, -0.05) is 24.3 Å². The summed E-state index contributed by atoms with van der Waals surface area (Å²) in [5.41, 5.74) is 2.03. The van der Waals surface area contributed by atoms with E-state index < -0.39 is 5.60 Å². The molecular formula is C22H34IN5O3. The fourth-order valence-electron chi connectivity index (χ4n) is 3.51. The average molecular weight is 543 g/mol. The Morgan fingerprint density at radius 1 is 1.16 bits per heavy atom. The third-order valence-electron chi connectivity index (χ3n) is 5.07. The molecule has 0 radical (unpaired) electrons. The van der Waals surface area contributed by atoms with Crippen molar-refractivity contribution in [3.8, 4) is 0 Å². The summed E-state index contributed by atoms with van der Waals surface area (Å²) < 4.78 is 5.38. The van der Waals surface area contributed by atoms with Crippen molar-refractivity contribution in [1.29, 1.82) is 0 Å². The highest BCUT2D eigenvalue weighted by molar-refractivity contribution is 14.0. The van der Waals surface area contributed by atoms with E-state index in [1.54, 1.807) is 4.90 Å². The lowest BCUT2D eigenvalue weighted by molar-refractivity contribution is -0.130. The van der Waals surface area contributed by atoms with Crippen LogP contribution in [0.3, 0.4) is 0 Å². The minimum absolute atomic E-state index is 0. The van der Waals surface area contributed by atoms with Crippen molar-refractivity contribution in [3.05, 3.63) is 35.4 Å². The van der Waals surface area contributed by atoms with Crippen molar-refractivity contribution in [1.82, 2.24) is 20.4 Å². The summed E-state index contributed by atoms with van der Waals surface area (Å²) in [6.45, 7) is 10.8. The van der Waals surface area contributed by atoms with Gasteiger partial charge in [-0.25, -0.2) is 9.79 Å². The summed E-state index contributed by atoms with van der Waals surface area (Å²) in [4.78, 5) is 32.7. The Morgan fingerprint density at radius 2 is 1.84 bits per heavy atom. The number of ether oxygens (including phenoxy) is 1. The van der Waals surface area contributed by atoms with Gasteiger partial charge in [0, 0.05) is 32.7 Å². The van der Waals surface area contributed by atoms with E-state index in [0.717, 1.165) is 13.0 Å². The highest BCUT2D eigenvalue weighted by atomic mass is 127. The molecule has 1 saturated heterocycles. The molecular weight excluding hydrogens is 509 g/mol. The number of hydrogen-bond donors (Lipinski definition) is 2. The topological polar surface area (TPSA) is 86.3 Å². The molecule has 0 spiro atoms. The number of amides is 2. The third-order valence-corrected chi connectivity index (χ3v) is 5.07. The number of aliphatic imine (C=N–C) groups is 1. The predicted molar refractivity (Wildman–Crippen MR) is 132 cm³/mol. The summed E-state index contributed by atoms with van der Waals surface area (Å²) in [6.07, 6.45) is 0.579. The standard InChI is InChI=1S/C22H33N5O3.HI/c1-5-23-20(25-18-14-27(15-18)21(29)30-22(2,3)4)24-12-19(28)26-11-10-16-8-6-7-9-17(16)13-26;/h6-9,18H,5,10-15H2,1-4H3,(H2,23,24,25);1H. The van der Waals surface area contributed by atoms with Gasteiger partial charge in [-0.05, 0) is 45.2 Å². The molecule has 0 aromatic heterocycles. The number of carbonyl (C=O) groups excluding carboxylic acids is 2. The number of guanidine groups is 1. The van der Waals surface area contributed by atoms with Gasteiger partial charge in [0.1, 0.15) is 12.1 Å². The zero-order valence-electron chi connectivity index (χ0n) is 18.8. The van der Waals surface area contributed by atoms with Gasteiger partial charge in [-0.3, -0.25) is 4.79 Å². The maximum Gasteiger partial charge on any atom is 0.410 e. The van der Waals surface area contributed by atoms with E-state index in [9.17, 15) is 9.59 Å². The summed E-state index contributed by atoms with van der Waals surface area (Å²) in [6, 6.07) is 8.35. The van der Waals surface area contributed by atoms with Gasteiger partial charge in [-0.15, -0.1) is 24.0 Å². The molecule has 2 heterocycles. The molecule has 31 heavy (non-hydrogen) atoms. The Kier molecular flexibility index (Phi) is 8.96. The Balaban J connectivity index is 0.00000341. The normalized spacial score (nSPS) is 16.6. The number of likely N-dealkylation sites (tertiary alicyclic amines) is 1. The van der Waals surface area contributed by atoms with Gasteiger partial charge < -0.3 is 25.2 Å². The first-order chi connectivity index (χ1) is 14.2. The van der Waals surface area contributed by atoms with Crippen LogP contribution in [-0.2, 0) is 22.5 Å². The molecule has 1 aromatic rings. The van der Waals surface area contributed by atoms with E-state index in [0.29, 0.717) is 32.1 Å². The van der Waals surface area contributed by atoms with Crippen LogP contribution in [0, 0.1) is 0 Å². The summed E-state index contributed by atoms with van der Waals surface area (Å²) in [7, 11) is 0. The monoisotopic (exact) mass is 543 g/mol. The lowest BCUT2D eigenvalue weighted by atomic mass is 10.00. The van der Waals surface area contributed by atoms with Crippen LogP contribution in [0.5, 0.6) is 0 Å². The van der Waals surface area contributed by atoms with Crippen LogP contribution in [0.15, 0.2) is 29.3 Å². The van der Waals surface area contributed by atoms with Crippen molar-refractivity contribution in [2.24, 2.45) is 4.99 Å². The molecule has 2 aliphatic rings. The Morgan fingerprint density at radius 3 is 2.48 bits per heavy atom. The molecule has 1 fully saturated rings. The fraction of sp³-hybridized carbons (Fsp3) is 0.591. The molecule has 0 bridgehead atoms. The number of carbonyl (C=O) groups is 2. The van der Waals surface area contributed by atoms with Crippen LogP contribution in [0.2, 0.25) is 0 Å². The summed E-state index contributed by atoms with van der Waals surface area (Å²) in [5, 5.41) is 6.47. The Hall–Kier alpha value is -2.04. The summed E-state index contributed by atoms with van der Waals surface area (Å²) in [5.74, 6) is 0.614. The van der Waals surface area contributed by atoms with Gasteiger partial charge in [0.2, 0.25) is 5.91 Å². The Bertz CT molecular complexity index is 803. The molecule has 9 heteroatoms. The first-order valence-electron chi connectivity index (χ1n) is 10.6. The maximum atomic E-state index is 12.7. The van der Waals surface area contributed by atoms with Gasteiger partial charge >= 0.3 is 6.09 Å². The van der Waals surface area contributed by atoms with Gasteiger partial charge in [0.05, 0.1) is 6.04 Å². The molecule has 2 amide bonds. The van der Waals surface area contributed by atoms with Crippen LogP contribution in [0.1, 0.15) is 38.8 Å². The zero-order chi connectivity index (χ0) is 21.7. The maximum absolute atomic E-state index is 12.7. The van der Waals surface area contributed by atoms with Gasteiger partial charge in [0.25, 0.3) is 0 Å². The number of nitrogens with zero attached hydrogens (tertiary/aromatic N) is 3. The molecule has 0 aliphatic carbocycles. The molecule has 2 N–H and O–H groups in total. The van der Waals surface area contributed by atoms with E-state index in [2.05, 4.69) is 27.8 Å². The van der Waals surface area contributed by atoms with Crippen LogP contribution in [0.4, 0.5) is 4.79 Å². The number of nitrogens with one attached hydrogen (secondary N) is 2. The third kappa shape index (κ3) is 7.26. The fourth-order valence-corrected chi connectivity index (χ4v) is 3.51. The van der Waals surface area contributed by atoms with Crippen molar-refractivity contribution < 1.29 is 14.3 Å². The van der Waals surface area contributed by atoms with E-state index in [1.165, 1.54) is 11.1 Å². The van der Waals surface area contributed by atoms with E-state index in [1.807, 2.05) is 44.7 Å². The predicted octanol–water partition coefficient (Wildman–Crippen LogP) is 2.36. The molecule has 1 aromatic carbocycles. The van der Waals surface area contributed by atoms with E-state index in [-0.39, 0.29) is 48.6 Å².